The van der Waals surface area contributed by atoms with Crippen molar-refractivity contribution in [3.63, 3.8) is 0 Å². The van der Waals surface area contributed by atoms with Gasteiger partial charge in [-0.2, -0.15) is 0 Å². The first kappa shape index (κ1) is 14.7. The van der Waals surface area contributed by atoms with Gasteiger partial charge >= 0.3 is 5.97 Å². The van der Waals surface area contributed by atoms with Crippen LogP contribution in [-0.4, -0.2) is 40.9 Å². The molecule has 2 rings (SSSR count). The number of ketones is 1. The number of nitrogens with zero attached hydrogens (tertiary/aromatic N) is 1. The van der Waals surface area contributed by atoms with Gasteiger partial charge in [-0.3, -0.25) is 14.5 Å². The van der Waals surface area contributed by atoms with E-state index in [2.05, 4.69) is 4.90 Å². The van der Waals surface area contributed by atoms with E-state index in [9.17, 15) is 14.0 Å². The molecular weight excluding hydrogens is 261 g/mol. The molecular formula is C15H18FNO3. The lowest BCUT2D eigenvalue weighted by Gasteiger charge is -2.22. The Morgan fingerprint density at radius 3 is 2.65 bits per heavy atom. The van der Waals surface area contributed by atoms with Gasteiger partial charge in [-0.25, -0.2) is 4.39 Å². The number of carboxylic acids is 1. The van der Waals surface area contributed by atoms with Crippen LogP contribution < -0.4 is 0 Å². The summed E-state index contributed by atoms with van der Waals surface area (Å²) in [7, 11) is 0. The molecule has 108 valence electrons. The van der Waals surface area contributed by atoms with Gasteiger partial charge in [0.1, 0.15) is 5.82 Å². The van der Waals surface area contributed by atoms with Crippen LogP contribution in [0.3, 0.4) is 0 Å². The molecule has 0 amide bonds. The van der Waals surface area contributed by atoms with Gasteiger partial charge in [0.2, 0.25) is 0 Å². The maximum atomic E-state index is 12.8. The van der Waals surface area contributed by atoms with Crippen molar-refractivity contribution in [1.82, 2.24) is 4.90 Å². The van der Waals surface area contributed by atoms with Gasteiger partial charge in [0.15, 0.2) is 5.78 Å². The van der Waals surface area contributed by atoms with Gasteiger partial charge in [-0.15, -0.1) is 0 Å². The van der Waals surface area contributed by atoms with Crippen molar-refractivity contribution in [1.29, 1.82) is 0 Å². The van der Waals surface area contributed by atoms with Crippen LogP contribution in [0.5, 0.6) is 0 Å². The SMILES string of the molecule is O=C(O)CC1CCCN1CCC(=O)c1ccc(F)cc1. The number of carbonyl (C=O) groups excluding carboxylic acids is 1. The predicted molar refractivity (Wildman–Crippen MR) is 72.2 cm³/mol. The highest BCUT2D eigenvalue weighted by Gasteiger charge is 2.26. The summed E-state index contributed by atoms with van der Waals surface area (Å²) in [6.45, 7) is 1.41. The van der Waals surface area contributed by atoms with E-state index in [4.69, 9.17) is 5.11 Å². The Morgan fingerprint density at radius 2 is 2.00 bits per heavy atom. The molecule has 1 heterocycles. The van der Waals surface area contributed by atoms with Crippen molar-refractivity contribution in [2.24, 2.45) is 0 Å². The Labute approximate surface area is 117 Å². The number of halogens is 1. The van der Waals surface area contributed by atoms with Crippen molar-refractivity contribution in [3.05, 3.63) is 35.6 Å². The Morgan fingerprint density at radius 1 is 1.30 bits per heavy atom. The number of hydrogen-bond donors (Lipinski definition) is 1. The minimum absolute atomic E-state index is 0.0357. The average molecular weight is 279 g/mol. The van der Waals surface area contributed by atoms with Crippen LogP contribution >= 0.6 is 0 Å². The molecule has 0 spiro atoms. The molecule has 1 aromatic rings. The zero-order valence-corrected chi connectivity index (χ0v) is 11.2. The number of carboxylic acid groups (broad SMARTS) is 1. The summed E-state index contributed by atoms with van der Waals surface area (Å²) in [5, 5.41) is 8.84. The first-order valence-electron chi connectivity index (χ1n) is 6.81. The van der Waals surface area contributed by atoms with Crippen molar-refractivity contribution in [2.45, 2.75) is 31.7 Å². The van der Waals surface area contributed by atoms with E-state index in [1.165, 1.54) is 24.3 Å². The van der Waals surface area contributed by atoms with E-state index in [-0.39, 0.29) is 24.1 Å². The molecule has 1 N–H and O–H groups in total. The zero-order chi connectivity index (χ0) is 14.5. The van der Waals surface area contributed by atoms with Crippen LogP contribution in [0, 0.1) is 5.82 Å². The van der Waals surface area contributed by atoms with Crippen molar-refractivity contribution in [2.75, 3.05) is 13.1 Å². The summed E-state index contributed by atoms with van der Waals surface area (Å²) in [4.78, 5) is 24.8. The molecule has 1 aliphatic rings. The second-order valence-electron chi connectivity index (χ2n) is 5.11. The van der Waals surface area contributed by atoms with E-state index >= 15 is 0 Å². The average Bonchev–Trinajstić information content (AvgIpc) is 2.83. The third kappa shape index (κ3) is 3.87. The van der Waals surface area contributed by atoms with Gasteiger partial charge in [-0.05, 0) is 43.7 Å². The number of carbonyl (C=O) groups is 2. The van der Waals surface area contributed by atoms with Crippen LogP contribution in [0.15, 0.2) is 24.3 Å². The lowest BCUT2D eigenvalue weighted by atomic mass is 10.1. The molecule has 1 unspecified atom stereocenters. The second kappa shape index (κ2) is 6.61. The van der Waals surface area contributed by atoms with Crippen molar-refractivity contribution in [3.8, 4) is 0 Å². The lowest BCUT2D eigenvalue weighted by Crippen LogP contribution is -2.33. The number of benzene rings is 1. The first-order chi connectivity index (χ1) is 9.56. The smallest absolute Gasteiger partial charge is 0.304 e. The molecule has 5 heteroatoms. The van der Waals surface area contributed by atoms with Gasteiger partial charge in [0.25, 0.3) is 0 Å². The van der Waals surface area contributed by atoms with E-state index < -0.39 is 5.97 Å². The normalized spacial score (nSPS) is 19.1. The van der Waals surface area contributed by atoms with Crippen molar-refractivity contribution >= 4 is 11.8 Å². The summed E-state index contributed by atoms with van der Waals surface area (Å²) in [6.07, 6.45) is 2.31. The minimum atomic E-state index is -0.799. The summed E-state index contributed by atoms with van der Waals surface area (Å²) < 4.78 is 12.8. The van der Waals surface area contributed by atoms with E-state index in [0.29, 0.717) is 18.5 Å². The standard InChI is InChI=1S/C15H18FNO3/c16-12-5-3-11(4-6-12)14(18)7-9-17-8-1-2-13(17)10-15(19)20/h3-6,13H,1-2,7-10H2,(H,19,20). The van der Waals surface area contributed by atoms with Gasteiger partial charge in [0, 0.05) is 24.6 Å². The molecule has 4 nitrogen and oxygen atoms in total. The summed E-state index contributed by atoms with van der Waals surface area (Å²) in [5.41, 5.74) is 0.500. The minimum Gasteiger partial charge on any atom is -0.481 e. The van der Waals surface area contributed by atoms with E-state index in [0.717, 1.165) is 19.4 Å². The lowest BCUT2D eigenvalue weighted by molar-refractivity contribution is -0.138. The fourth-order valence-electron chi connectivity index (χ4n) is 2.65. The maximum absolute atomic E-state index is 12.8. The second-order valence-corrected chi connectivity index (χ2v) is 5.11. The van der Waals surface area contributed by atoms with Crippen LogP contribution in [-0.2, 0) is 4.79 Å². The van der Waals surface area contributed by atoms with Gasteiger partial charge in [0.05, 0.1) is 6.42 Å². The number of aliphatic carboxylic acids is 1. The Hall–Kier alpha value is -1.75. The summed E-state index contributed by atoms with van der Waals surface area (Å²) in [5.74, 6) is -1.19. The quantitative estimate of drug-likeness (QED) is 0.812. The molecule has 1 aromatic carbocycles. The number of rotatable bonds is 6. The van der Waals surface area contributed by atoms with Crippen molar-refractivity contribution < 1.29 is 19.1 Å². The van der Waals surface area contributed by atoms with E-state index in [1.807, 2.05) is 0 Å². The topological polar surface area (TPSA) is 57.6 Å². The number of Topliss-reactive ketones (excluding diaryl/α,β-unsaturated/α-hetero) is 1. The Balaban J connectivity index is 1.86. The molecule has 0 radical (unpaired) electrons. The van der Waals surface area contributed by atoms with Gasteiger partial charge in [-0.1, -0.05) is 0 Å². The fraction of sp³-hybridized carbons (Fsp3) is 0.467. The maximum Gasteiger partial charge on any atom is 0.304 e. The number of likely N-dealkylation sites (tertiary alicyclic amines) is 1. The van der Waals surface area contributed by atoms with Crippen LogP contribution in [0.2, 0.25) is 0 Å². The fourth-order valence-corrected chi connectivity index (χ4v) is 2.65. The largest absolute Gasteiger partial charge is 0.481 e. The summed E-state index contributed by atoms with van der Waals surface area (Å²) in [6, 6.07) is 5.55. The highest BCUT2D eigenvalue weighted by atomic mass is 19.1. The first-order valence-corrected chi connectivity index (χ1v) is 6.81. The Kier molecular flexibility index (Phi) is 4.84. The monoisotopic (exact) mass is 279 g/mol. The molecule has 1 saturated heterocycles. The third-order valence-electron chi connectivity index (χ3n) is 3.70. The molecule has 1 atom stereocenters. The van der Waals surface area contributed by atoms with Crippen LogP contribution in [0.25, 0.3) is 0 Å². The molecule has 1 aliphatic heterocycles. The summed E-state index contributed by atoms with van der Waals surface area (Å²) >= 11 is 0. The molecule has 1 fully saturated rings. The van der Waals surface area contributed by atoms with Crippen LogP contribution in [0.4, 0.5) is 4.39 Å². The zero-order valence-electron chi connectivity index (χ0n) is 11.2. The third-order valence-corrected chi connectivity index (χ3v) is 3.70. The predicted octanol–water partition coefficient (Wildman–Crippen LogP) is 2.34. The molecule has 20 heavy (non-hydrogen) atoms. The molecule has 0 bridgehead atoms. The van der Waals surface area contributed by atoms with E-state index in [1.54, 1.807) is 0 Å². The van der Waals surface area contributed by atoms with Gasteiger partial charge < -0.3 is 5.11 Å². The molecule has 0 saturated carbocycles. The molecule has 0 aromatic heterocycles. The highest BCUT2D eigenvalue weighted by Crippen LogP contribution is 2.20. The Bertz CT molecular complexity index is 486. The number of hydrogen-bond acceptors (Lipinski definition) is 3. The molecule has 0 aliphatic carbocycles. The highest BCUT2D eigenvalue weighted by molar-refractivity contribution is 5.96. The van der Waals surface area contributed by atoms with Crippen LogP contribution in [0.1, 0.15) is 36.0 Å².